The van der Waals surface area contributed by atoms with E-state index in [0.29, 0.717) is 6.42 Å². The van der Waals surface area contributed by atoms with Crippen molar-refractivity contribution in [2.45, 2.75) is 58.6 Å². The molecule has 5 nitrogen and oxygen atoms in total. The summed E-state index contributed by atoms with van der Waals surface area (Å²) in [4.78, 5) is 23.9. The molecule has 24 heavy (non-hydrogen) atoms. The molecule has 0 aromatic heterocycles. The van der Waals surface area contributed by atoms with E-state index in [0.717, 1.165) is 11.1 Å². The third-order valence-electron chi connectivity index (χ3n) is 4.58. The molecule has 0 radical (unpaired) electrons. The van der Waals surface area contributed by atoms with Crippen molar-refractivity contribution in [1.82, 2.24) is 0 Å². The summed E-state index contributed by atoms with van der Waals surface area (Å²) in [5, 5.41) is 8.21. The Bertz CT molecular complexity index is 661. The Balaban J connectivity index is 2.20. The first-order valence-corrected chi connectivity index (χ1v) is 8.23. The number of ketones is 1. The highest BCUT2D eigenvalue weighted by atomic mass is 16.5. The second-order valence-corrected chi connectivity index (χ2v) is 7.55. The van der Waals surface area contributed by atoms with Gasteiger partial charge in [0.05, 0.1) is 11.8 Å². The number of hydrogen-bond donors (Lipinski definition) is 2. The molecule has 1 unspecified atom stereocenters. The van der Waals surface area contributed by atoms with E-state index >= 15 is 0 Å². The molecule has 2 rings (SSSR count). The highest BCUT2D eigenvalue weighted by Gasteiger charge is 2.37. The monoisotopic (exact) mass is 330 g/mol. The lowest BCUT2D eigenvalue weighted by Gasteiger charge is -2.27. The maximum Gasteiger partial charge on any atom is 0.302 e. The van der Waals surface area contributed by atoms with Crippen LogP contribution in [0.5, 0.6) is 0 Å². The van der Waals surface area contributed by atoms with Crippen molar-refractivity contribution in [3.8, 4) is 0 Å². The van der Waals surface area contributed by atoms with E-state index in [2.05, 4.69) is 0 Å². The van der Waals surface area contributed by atoms with Crippen LogP contribution in [0.2, 0.25) is 0 Å². The number of nitrogens with two attached hydrogens (primary N) is 1. The predicted molar refractivity (Wildman–Crippen MR) is 93.2 cm³/mol. The molecule has 3 N–H and O–H groups in total. The molecule has 3 atom stereocenters. The van der Waals surface area contributed by atoms with Crippen molar-refractivity contribution in [3.63, 3.8) is 0 Å². The van der Waals surface area contributed by atoms with Gasteiger partial charge in [0, 0.05) is 25.7 Å². The van der Waals surface area contributed by atoms with Gasteiger partial charge in [0.2, 0.25) is 0 Å². The summed E-state index contributed by atoms with van der Waals surface area (Å²) in [6.45, 7) is 7.03. The molecule has 1 aromatic rings. The summed E-state index contributed by atoms with van der Waals surface area (Å²) < 4.78 is 5.44. The Morgan fingerprint density at radius 3 is 2.54 bits per heavy atom. The van der Waals surface area contributed by atoms with Crippen LogP contribution in [0.1, 0.15) is 51.2 Å². The Labute approximate surface area is 143 Å². The fourth-order valence-corrected chi connectivity index (χ4v) is 3.12. The van der Waals surface area contributed by atoms with Crippen molar-refractivity contribution >= 4 is 17.5 Å². The van der Waals surface area contributed by atoms with Gasteiger partial charge in [0.15, 0.2) is 5.78 Å². The second kappa shape index (κ2) is 6.85. The highest BCUT2D eigenvalue weighted by molar-refractivity contribution is 6.40. The SMILES string of the molecule is CC(=O)O[C@@H]1Cc2ccccc2C1CC(=N)C(=O)[C@@H](N)C(C)(C)C. The summed E-state index contributed by atoms with van der Waals surface area (Å²) >= 11 is 0. The normalized spacial score (nSPS) is 21.0. The Morgan fingerprint density at radius 1 is 1.33 bits per heavy atom. The van der Waals surface area contributed by atoms with E-state index < -0.39 is 11.5 Å². The lowest BCUT2D eigenvalue weighted by atomic mass is 9.81. The zero-order valence-electron chi connectivity index (χ0n) is 14.8. The number of nitrogens with one attached hydrogen (secondary N) is 1. The molecule has 5 heteroatoms. The van der Waals surface area contributed by atoms with Gasteiger partial charge in [-0.1, -0.05) is 45.0 Å². The number of esters is 1. The minimum atomic E-state index is -0.714. The van der Waals surface area contributed by atoms with E-state index in [4.69, 9.17) is 15.9 Å². The molecule has 0 saturated carbocycles. The molecule has 0 amide bonds. The molecule has 1 aliphatic carbocycles. The molecule has 1 aromatic carbocycles. The molecule has 0 saturated heterocycles. The topological polar surface area (TPSA) is 93.2 Å². The van der Waals surface area contributed by atoms with Crippen LogP contribution >= 0.6 is 0 Å². The van der Waals surface area contributed by atoms with Crippen molar-refractivity contribution < 1.29 is 14.3 Å². The number of Topliss-reactive ketones (excluding diaryl/α,β-unsaturated/α-hetero) is 1. The zero-order valence-corrected chi connectivity index (χ0v) is 14.8. The highest BCUT2D eigenvalue weighted by Crippen LogP contribution is 2.38. The number of ether oxygens (including phenoxy) is 1. The number of benzene rings is 1. The van der Waals surface area contributed by atoms with Gasteiger partial charge in [-0.25, -0.2) is 0 Å². The number of carbonyl (C=O) groups excluding carboxylic acids is 2. The minimum Gasteiger partial charge on any atom is -0.462 e. The fraction of sp³-hybridized carbons (Fsp3) is 0.526. The Hall–Kier alpha value is -2.01. The van der Waals surface area contributed by atoms with Gasteiger partial charge in [-0.2, -0.15) is 0 Å². The van der Waals surface area contributed by atoms with E-state index in [1.165, 1.54) is 6.92 Å². The van der Waals surface area contributed by atoms with Crippen LogP contribution < -0.4 is 5.73 Å². The van der Waals surface area contributed by atoms with Crippen LogP contribution in [-0.2, 0) is 20.7 Å². The lowest BCUT2D eigenvalue weighted by Crippen LogP contribution is -2.46. The number of carbonyl (C=O) groups is 2. The summed E-state index contributed by atoms with van der Waals surface area (Å²) in [6, 6.07) is 7.13. The predicted octanol–water partition coefficient (Wildman–Crippen LogP) is 2.61. The van der Waals surface area contributed by atoms with E-state index in [1.807, 2.05) is 45.0 Å². The number of fused-ring (bicyclic) bond motifs is 1. The first-order chi connectivity index (χ1) is 11.1. The Kier molecular flexibility index (Phi) is 5.23. The van der Waals surface area contributed by atoms with Gasteiger partial charge in [0.25, 0.3) is 0 Å². The van der Waals surface area contributed by atoms with Gasteiger partial charge in [0.1, 0.15) is 6.10 Å². The molecule has 0 heterocycles. The van der Waals surface area contributed by atoms with E-state index in [9.17, 15) is 9.59 Å². The standard InChI is InChI=1S/C19H26N2O3/c1-11(22)24-16-9-12-7-5-6-8-13(12)14(16)10-15(20)17(23)18(21)19(2,3)4/h5-8,14,16,18,20H,9-10,21H2,1-4H3/t14?,16-,18-/m1/s1. The zero-order chi connectivity index (χ0) is 18.1. The Morgan fingerprint density at radius 2 is 1.96 bits per heavy atom. The van der Waals surface area contributed by atoms with Gasteiger partial charge < -0.3 is 15.9 Å². The van der Waals surface area contributed by atoms with Crippen LogP contribution in [0.15, 0.2) is 24.3 Å². The molecule has 0 aliphatic heterocycles. The quantitative estimate of drug-likeness (QED) is 0.641. The summed E-state index contributed by atoms with van der Waals surface area (Å²) in [7, 11) is 0. The molecular formula is C19H26N2O3. The molecular weight excluding hydrogens is 304 g/mol. The van der Waals surface area contributed by atoms with Crippen LogP contribution in [-0.4, -0.2) is 29.6 Å². The minimum absolute atomic E-state index is 0.00344. The summed E-state index contributed by atoms with van der Waals surface area (Å²) in [6.07, 6.45) is 0.518. The van der Waals surface area contributed by atoms with E-state index in [1.54, 1.807) is 0 Å². The maximum atomic E-state index is 12.5. The van der Waals surface area contributed by atoms with Crippen molar-refractivity contribution in [3.05, 3.63) is 35.4 Å². The first-order valence-electron chi connectivity index (χ1n) is 8.23. The van der Waals surface area contributed by atoms with Gasteiger partial charge in [-0.05, 0) is 16.5 Å². The average Bonchev–Trinajstić information content (AvgIpc) is 2.81. The van der Waals surface area contributed by atoms with Gasteiger partial charge in [-0.3, -0.25) is 9.59 Å². The van der Waals surface area contributed by atoms with Crippen LogP contribution in [0.4, 0.5) is 0 Å². The van der Waals surface area contributed by atoms with Crippen LogP contribution in [0.3, 0.4) is 0 Å². The van der Waals surface area contributed by atoms with Crippen molar-refractivity contribution in [1.29, 1.82) is 5.41 Å². The number of hydrogen-bond acceptors (Lipinski definition) is 5. The largest absolute Gasteiger partial charge is 0.462 e. The van der Waals surface area contributed by atoms with Gasteiger partial charge in [-0.15, -0.1) is 0 Å². The lowest BCUT2D eigenvalue weighted by molar-refractivity contribution is -0.146. The second-order valence-electron chi connectivity index (χ2n) is 7.55. The third kappa shape index (κ3) is 3.90. The third-order valence-corrected chi connectivity index (χ3v) is 4.58. The molecule has 0 spiro atoms. The molecule has 1 aliphatic rings. The van der Waals surface area contributed by atoms with Crippen LogP contribution in [0, 0.1) is 10.8 Å². The van der Waals surface area contributed by atoms with E-state index in [-0.39, 0.29) is 35.9 Å². The van der Waals surface area contributed by atoms with Crippen molar-refractivity contribution in [2.24, 2.45) is 11.1 Å². The van der Waals surface area contributed by atoms with Crippen LogP contribution in [0.25, 0.3) is 0 Å². The first kappa shape index (κ1) is 18.3. The van der Waals surface area contributed by atoms with Crippen molar-refractivity contribution in [2.75, 3.05) is 0 Å². The smallest absolute Gasteiger partial charge is 0.302 e. The summed E-state index contributed by atoms with van der Waals surface area (Å²) in [5.41, 5.74) is 7.76. The summed E-state index contributed by atoms with van der Waals surface area (Å²) in [5.74, 6) is -0.857. The molecule has 130 valence electrons. The molecule has 0 fully saturated rings. The average molecular weight is 330 g/mol. The van der Waals surface area contributed by atoms with Gasteiger partial charge >= 0.3 is 5.97 Å². The maximum absolute atomic E-state index is 12.5. The fourth-order valence-electron chi connectivity index (χ4n) is 3.12. The number of rotatable bonds is 5. The molecule has 0 bridgehead atoms.